The second-order valence-corrected chi connectivity index (χ2v) is 15.6. The SMILES string of the molecule is CCC[C@H](CC(Cn1ccnc1)(c1ccccc1)C1CCN(CC2CN(c3ccc(S(=O)(=O)c4ccccc4)cc3)C2)CC1)OC(=O)NC. The number of benzene rings is 3. The van der Waals surface area contributed by atoms with Gasteiger partial charge in [0, 0.05) is 62.6 Å². The van der Waals surface area contributed by atoms with Crippen molar-refractivity contribution in [1.82, 2.24) is 19.8 Å². The standard InChI is InChI=1S/C39H49N5O4S/c1-3-10-35(48-38(45)40-2)25-39(29-43-24-21-41-30-43,32-11-6-4-7-12-32)33-19-22-42(23-20-33)26-31-27-44(28-31)34-15-17-37(18-16-34)49(46,47)36-13-8-5-9-14-36/h4-9,11-18,21,24,30-31,33,35H,3,10,19-20,22-23,25-29H2,1-2H3,(H,40,45)/t35-,39?/m1/s1. The number of rotatable bonds is 14. The third-order valence-corrected chi connectivity index (χ3v) is 12.2. The number of imidazole rings is 1. The highest BCUT2D eigenvalue weighted by atomic mass is 32.2. The summed E-state index contributed by atoms with van der Waals surface area (Å²) < 4.78 is 34.2. The normalized spacial score (nSPS) is 18.0. The summed E-state index contributed by atoms with van der Waals surface area (Å²) in [6.07, 6.45) is 9.85. The first-order chi connectivity index (χ1) is 23.8. The third kappa shape index (κ3) is 8.02. The summed E-state index contributed by atoms with van der Waals surface area (Å²) in [5.74, 6) is 0.980. The predicted molar refractivity (Wildman–Crippen MR) is 192 cm³/mol. The van der Waals surface area contributed by atoms with E-state index >= 15 is 0 Å². The molecule has 2 atom stereocenters. The predicted octanol–water partition coefficient (Wildman–Crippen LogP) is 6.42. The van der Waals surface area contributed by atoms with Crippen molar-refractivity contribution in [2.75, 3.05) is 44.7 Å². The van der Waals surface area contributed by atoms with E-state index in [0.29, 0.717) is 21.6 Å². The Labute approximate surface area is 291 Å². The van der Waals surface area contributed by atoms with Gasteiger partial charge in [0.05, 0.1) is 16.1 Å². The third-order valence-electron chi connectivity index (χ3n) is 10.5. The molecule has 0 aliphatic carbocycles. The maximum Gasteiger partial charge on any atom is 0.407 e. The maximum atomic E-state index is 13.0. The Balaban J connectivity index is 1.10. The van der Waals surface area contributed by atoms with Crippen molar-refractivity contribution in [2.24, 2.45) is 11.8 Å². The average Bonchev–Trinajstić information content (AvgIpc) is 3.63. The zero-order chi connectivity index (χ0) is 34.3. The van der Waals surface area contributed by atoms with E-state index in [4.69, 9.17) is 4.74 Å². The fraction of sp³-hybridized carbons (Fsp3) is 0.436. The number of alkyl carbamates (subject to hydrolysis) is 1. The van der Waals surface area contributed by atoms with Crippen LogP contribution in [0.1, 0.15) is 44.6 Å². The molecule has 1 amide bonds. The van der Waals surface area contributed by atoms with Crippen LogP contribution in [0, 0.1) is 11.8 Å². The molecule has 4 aromatic rings. The smallest absolute Gasteiger partial charge is 0.407 e. The molecule has 3 heterocycles. The van der Waals surface area contributed by atoms with Crippen LogP contribution < -0.4 is 10.2 Å². The van der Waals surface area contributed by atoms with E-state index in [9.17, 15) is 13.2 Å². The molecule has 2 fully saturated rings. The highest BCUT2D eigenvalue weighted by Crippen LogP contribution is 2.45. The van der Waals surface area contributed by atoms with Crippen LogP contribution in [0.5, 0.6) is 0 Å². The Morgan fingerprint density at radius 2 is 1.61 bits per heavy atom. The lowest BCUT2D eigenvalue weighted by molar-refractivity contribution is 0.0359. The summed E-state index contributed by atoms with van der Waals surface area (Å²) in [6.45, 7) is 7.97. The molecule has 1 N–H and O–H groups in total. The zero-order valence-electron chi connectivity index (χ0n) is 28.7. The van der Waals surface area contributed by atoms with E-state index in [1.165, 1.54) is 5.56 Å². The summed E-state index contributed by atoms with van der Waals surface area (Å²) in [6, 6.07) is 26.7. The summed E-state index contributed by atoms with van der Waals surface area (Å²) in [5.41, 5.74) is 2.13. The second kappa shape index (κ2) is 15.6. The number of likely N-dealkylation sites (tertiary alicyclic amines) is 1. The van der Waals surface area contributed by atoms with E-state index in [-0.39, 0.29) is 17.6 Å². The van der Waals surface area contributed by atoms with Crippen LogP contribution in [-0.4, -0.2) is 74.8 Å². The molecular weight excluding hydrogens is 635 g/mol. The van der Waals surface area contributed by atoms with Gasteiger partial charge in [0.25, 0.3) is 0 Å². The molecule has 3 aromatic carbocycles. The van der Waals surface area contributed by atoms with Gasteiger partial charge < -0.3 is 24.4 Å². The molecule has 2 aliphatic heterocycles. The number of amides is 1. The monoisotopic (exact) mass is 683 g/mol. The number of piperidine rings is 1. The van der Waals surface area contributed by atoms with E-state index in [1.54, 1.807) is 43.4 Å². The van der Waals surface area contributed by atoms with Crippen molar-refractivity contribution >= 4 is 21.6 Å². The first kappa shape index (κ1) is 34.7. The van der Waals surface area contributed by atoms with Gasteiger partial charge in [-0.15, -0.1) is 0 Å². The number of hydrogen-bond acceptors (Lipinski definition) is 7. The number of hydrogen-bond donors (Lipinski definition) is 1. The number of carbonyl (C=O) groups excluding carboxylic acids is 1. The van der Waals surface area contributed by atoms with Crippen LogP contribution in [-0.2, 0) is 26.5 Å². The van der Waals surface area contributed by atoms with Crippen molar-refractivity contribution in [3.05, 3.63) is 109 Å². The minimum absolute atomic E-state index is 0.194. The molecular formula is C39H49N5O4S. The summed E-state index contributed by atoms with van der Waals surface area (Å²) >= 11 is 0. The van der Waals surface area contributed by atoms with Crippen LogP contribution in [0.15, 0.2) is 113 Å². The van der Waals surface area contributed by atoms with Gasteiger partial charge in [-0.3, -0.25) is 0 Å². The number of aromatic nitrogens is 2. The molecule has 260 valence electrons. The van der Waals surface area contributed by atoms with Gasteiger partial charge in [0.2, 0.25) is 9.84 Å². The van der Waals surface area contributed by atoms with Crippen molar-refractivity contribution in [1.29, 1.82) is 0 Å². The molecule has 0 bridgehead atoms. The Bertz CT molecular complexity index is 1720. The number of nitrogens with zero attached hydrogens (tertiary/aromatic N) is 4. The van der Waals surface area contributed by atoms with Crippen molar-refractivity contribution < 1.29 is 17.9 Å². The van der Waals surface area contributed by atoms with Gasteiger partial charge in [-0.25, -0.2) is 18.2 Å². The molecule has 2 saturated heterocycles. The van der Waals surface area contributed by atoms with Gasteiger partial charge in [-0.2, -0.15) is 0 Å². The second-order valence-electron chi connectivity index (χ2n) is 13.7. The fourth-order valence-corrected chi connectivity index (χ4v) is 9.21. The first-order valence-electron chi connectivity index (χ1n) is 17.6. The molecule has 1 aromatic heterocycles. The Morgan fingerprint density at radius 1 is 0.959 bits per heavy atom. The quantitative estimate of drug-likeness (QED) is 0.164. The summed E-state index contributed by atoms with van der Waals surface area (Å²) in [4.78, 5) is 22.4. The number of anilines is 1. The van der Waals surface area contributed by atoms with Crippen LogP contribution in [0.25, 0.3) is 0 Å². The van der Waals surface area contributed by atoms with Gasteiger partial charge >= 0.3 is 6.09 Å². The largest absolute Gasteiger partial charge is 0.446 e. The summed E-state index contributed by atoms with van der Waals surface area (Å²) in [5, 5.41) is 2.66. The van der Waals surface area contributed by atoms with Crippen molar-refractivity contribution in [2.45, 2.75) is 66.9 Å². The molecule has 2 aliphatic rings. The van der Waals surface area contributed by atoms with Crippen LogP contribution in [0.4, 0.5) is 10.5 Å². The zero-order valence-corrected chi connectivity index (χ0v) is 29.5. The highest BCUT2D eigenvalue weighted by Gasteiger charge is 2.44. The average molecular weight is 684 g/mol. The molecule has 0 spiro atoms. The van der Waals surface area contributed by atoms with Crippen LogP contribution in [0.3, 0.4) is 0 Å². The Hall–Kier alpha value is -4.15. The van der Waals surface area contributed by atoms with Gasteiger partial charge in [0.15, 0.2) is 0 Å². The molecule has 10 heteroatoms. The van der Waals surface area contributed by atoms with Gasteiger partial charge in [-0.1, -0.05) is 61.9 Å². The van der Waals surface area contributed by atoms with Crippen molar-refractivity contribution in [3.8, 4) is 0 Å². The van der Waals surface area contributed by atoms with Gasteiger partial charge in [-0.05, 0) is 86.7 Å². The highest BCUT2D eigenvalue weighted by molar-refractivity contribution is 7.91. The number of sulfone groups is 1. The van der Waals surface area contributed by atoms with Gasteiger partial charge in [0.1, 0.15) is 6.10 Å². The Morgan fingerprint density at radius 3 is 2.22 bits per heavy atom. The fourth-order valence-electron chi connectivity index (χ4n) is 7.92. The van der Waals surface area contributed by atoms with E-state index in [2.05, 4.69) is 61.9 Å². The lowest BCUT2D eigenvalue weighted by Crippen LogP contribution is -2.54. The minimum Gasteiger partial charge on any atom is -0.446 e. The number of nitrogens with one attached hydrogen (secondary N) is 1. The lowest BCUT2D eigenvalue weighted by Gasteiger charge is -2.48. The summed E-state index contributed by atoms with van der Waals surface area (Å²) in [7, 11) is -1.90. The van der Waals surface area contributed by atoms with Crippen LogP contribution >= 0.6 is 0 Å². The molecule has 49 heavy (non-hydrogen) atoms. The Kier molecular flexibility index (Phi) is 11.0. The molecule has 0 saturated carbocycles. The molecule has 6 rings (SSSR count). The van der Waals surface area contributed by atoms with E-state index < -0.39 is 9.84 Å². The number of ether oxygens (including phenoxy) is 1. The molecule has 0 radical (unpaired) electrons. The minimum atomic E-state index is -3.52. The topological polar surface area (TPSA) is 96.8 Å². The molecule has 9 nitrogen and oxygen atoms in total. The maximum absolute atomic E-state index is 13.0. The molecule has 1 unspecified atom stereocenters. The van der Waals surface area contributed by atoms with E-state index in [1.807, 2.05) is 36.9 Å². The van der Waals surface area contributed by atoms with Crippen molar-refractivity contribution in [3.63, 3.8) is 0 Å². The lowest BCUT2D eigenvalue weighted by atomic mass is 9.63. The van der Waals surface area contributed by atoms with Crippen LogP contribution in [0.2, 0.25) is 0 Å². The first-order valence-corrected chi connectivity index (χ1v) is 19.1. The van der Waals surface area contributed by atoms with E-state index in [0.717, 1.165) is 77.1 Å². The number of carbonyl (C=O) groups is 1.